The lowest BCUT2D eigenvalue weighted by molar-refractivity contribution is -0.123. The second-order valence-electron chi connectivity index (χ2n) is 9.41. The summed E-state index contributed by atoms with van der Waals surface area (Å²) in [7, 11) is 1.46. The van der Waals surface area contributed by atoms with Crippen LogP contribution >= 0.6 is 0 Å². The van der Waals surface area contributed by atoms with Crippen LogP contribution in [0.5, 0.6) is 6.01 Å². The van der Waals surface area contributed by atoms with Crippen molar-refractivity contribution in [3.8, 4) is 23.2 Å². The third-order valence-corrected chi connectivity index (χ3v) is 6.87. The SMILES string of the molecule is COc1ncc(-c2cc(F)cc(CNC(=O)c3cc(N4CC[C@@](C#N)(C5CC5)C4=O)cc(C)n3)c2)cn1. The largest absolute Gasteiger partial charge is 0.467 e. The Morgan fingerprint density at radius 1 is 1.22 bits per heavy atom. The number of rotatable bonds is 7. The number of amides is 2. The molecule has 2 amide bonds. The van der Waals surface area contributed by atoms with Crippen LogP contribution in [0.3, 0.4) is 0 Å². The number of hydrogen-bond acceptors (Lipinski definition) is 7. The number of anilines is 1. The number of ether oxygens (including phenoxy) is 1. The molecule has 1 N–H and O–H groups in total. The number of nitriles is 1. The van der Waals surface area contributed by atoms with Crippen molar-refractivity contribution in [1.82, 2.24) is 20.3 Å². The summed E-state index contributed by atoms with van der Waals surface area (Å²) in [5.74, 6) is -1.01. The molecule has 1 aliphatic carbocycles. The highest BCUT2D eigenvalue weighted by atomic mass is 19.1. The topological polar surface area (TPSA) is 121 Å². The minimum absolute atomic E-state index is 0.0629. The molecule has 5 rings (SSSR count). The van der Waals surface area contributed by atoms with Crippen LogP contribution in [0.25, 0.3) is 11.1 Å². The van der Waals surface area contributed by atoms with Crippen molar-refractivity contribution in [2.45, 2.75) is 32.7 Å². The van der Waals surface area contributed by atoms with Crippen LogP contribution in [0.2, 0.25) is 0 Å². The first-order valence-electron chi connectivity index (χ1n) is 12.0. The average molecular weight is 501 g/mol. The molecule has 0 bridgehead atoms. The number of carbonyl (C=O) groups is 2. The maximum absolute atomic E-state index is 14.3. The highest BCUT2D eigenvalue weighted by molar-refractivity contribution is 6.03. The van der Waals surface area contributed by atoms with Crippen LogP contribution in [-0.4, -0.2) is 40.4 Å². The molecule has 1 atom stereocenters. The van der Waals surface area contributed by atoms with E-state index in [2.05, 4.69) is 26.3 Å². The molecule has 0 unspecified atom stereocenters. The van der Waals surface area contributed by atoms with E-state index in [4.69, 9.17) is 4.74 Å². The molecule has 9 nitrogen and oxygen atoms in total. The van der Waals surface area contributed by atoms with Crippen LogP contribution in [0.1, 0.15) is 41.0 Å². The normalized spacial score (nSPS) is 19.0. The van der Waals surface area contributed by atoms with E-state index in [1.54, 1.807) is 30.0 Å². The molecule has 2 aliphatic rings. The van der Waals surface area contributed by atoms with E-state index in [0.29, 0.717) is 41.0 Å². The summed E-state index contributed by atoms with van der Waals surface area (Å²) in [5, 5.41) is 12.5. The van der Waals surface area contributed by atoms with Crippen LogP contribution in [0.15, 0.2) is 42.7 Å². The third kappa shape index (κ3) is 4.72. The lowest BCUT2D eigenvalue weighted by atomic mass is 9.83. The van der Waals surface area contributed by atoms with Crippen molar-refractivity contribution in [2.24, 2.45) is 11.3 Å². The quantitative estimate of drug-likeness (QED) is 0.526. The molecular weight excluding hydrogens is 475 g/mol. The minimum Gasteiger partial charge on any atom is -0.467 e. The summed E-state index contributed by atoms with van der Waals surface area (Å²) in [6, 6.07) is 10.2. The number of carbonyl (C=O) groups excluding carboxylic acids is 2. The second-order valence-corrected chi connectivity index (χ2v) is 9.41. The van der Waals surface area contributed by atoms with Crippen molar-refractivity contribution < 1.29 is 18.7 Å². The Labute approximate surface area is 213 Å². The first-order chi connectivity index (χ1) is 17.8. The van der Waals surface area contributed by atoms with Crippen LogP contribution in [0, 0.1) is 35.4 Å². The smallest absolute Gasteiger partial charge is 0.316 e. The molecule has 2 fully saturated rings. The fraction of sp³-hybridized carbons (Fsp3) is 0.333. The lowest BCUT2D eigenvalue weighted by Gasteiger charge is -2.21. The molecule has 1 aromatic carbocycles. The zero-order chi connectivity index (χ0) is 26.2. The first-order valence-corrected chi connectivity index (χ1v) is 12.0. The van der Waals surface area contributed by atoms with Gasteiger partial charge in [0.15, 0.2) is 0 Å². The van der Waals surface area contributed by atoms with Gasteiger partial charge in [-0.05, 0) is 73.6 Å². The van der Waals surface area contributed by atoms with E-state index >= 15 is 0 Å². The number of nitrogens with one attached hydrogen (secondary N) is 1. The molecule has 2 aromatic heterocycles. The molecule has 0 radical (unpaired) electrons. The van der Waals surface area contributed by atoms with E-state index in [0.717, 1.165) is 12.8 Å². The second kappa shape index (κ2) is 9.58. The van der Waals surface area contributed by atoms with E-state index < -0.39 is 17.1 Å². The number of aromatic nitrogens is 3. The average Bonchev–Trinajstić information content (AvgIpc) is 3.70. The van der Waals surface area contributed by atoms with Crippen molar-refractivity contribution >= 4 is 17.5 Å². The molecular formula is C27H25FN6O3. The molecule has 3 heterocycles. The Kier molecular flexibility index (Phi) is 6.29. The number of benzene rings is 1. The molecule has 0 spiro atoms. The summed E-state index contributed by atoms with van der Waals surface area (Å²) in [4.78, 5) is 40.2. The Morgan fingerprint density at radius 2 is 1.97 bits per heavy atom. The molecule has 188 valence electrons. The van der Waals surface area contributed by atoms with Gasteiger partial charge in [-0.2, -0.15) is 5.26 Å². The molecule has 1 saturated heterocycles. The Balaban J connectivity index is 1.32. The molecule has 1 saturated carbocycles. The van der Waals surface area contributed by atoms with Gasteiger partial charge in [-0.25, -0.2) is 19.3 Å². The van der Waals surface area contributed by atoms with Crippen molar-refractivity contribution in [3.05, 3.63) is 65.5 Å². The Bertz CT molecular complexity index is 1420. The first kappa shape index (κ1) is 24.3. The highest BCUT2D eigenvalue weighted by Gasteiger charge is 2.56. The number of methoxy groups -OCH3 is 1. The summed E-state index contributed by atoms with van der Waals surface area (Å²) in [6.07, 6.45) is 5.33. The summed E-state index contributed by atoms with van der Waals surface area (Å²) >= 11 is 0. The predicted molar refractivity (Wildman–Crippen MR) is 132 cm³/mol. The summed E-state index contributed by atoms with van der Waals surface area (Å²) in [6.45, 7) is 2.23. The maximum Gasteiger partial charge on any atom is 0.316 e. The number of aryl methyl sites for hydroxylation is 1. The third-order valence-electron chi connectivity index (χ3n) is 6.87. The van der Waals surface area contributed by atoms with Gasteiger partial charge in [-0.15, -0.1) is 0 Å². The minimum atomic E-state index is -0.969. The number of halogens is 1. The van der Waals surface area contributed by atoms with Gasteiger partial charge in [-0.1, -0.05) is 0 Å². The van der Waals surface area contributed by atoms with E-state index in [1.807, 2.05) is 0 Å². The van der Waals surface area contributed by atoms with Crippen LogP contribution in [0.4, 0.5) is 10.1 Å². The molecule has 3 aromatic rings. The van der Waals surface area contributed by atoms with Gasteiger partial charge in [0.2, 0.25) is 5.91 Å². The van der Waals surface area contributed by atoms with Gasteiger partial charge < -0.3 is 15.0 Å². The van der Waals surface area contributed by atoms with Crippen molar-refractivity contribution in [2.75, 3.05) is 18.6 Å². The van der Waals surface area contributed by atoms with Gasteiger partial charge in [0.1, 0.15) is 16.9 Å². The highest BCUT2D eigenvalue weighted by Crippen LogP contribution is 2.51. The van der Waals surface area contributed by atoms with E-state index in [1.165, 1.54) is 31.6 Å². The van der Waals surface area contributed by atoms with E-state index in [9.17, 15) is 19.2 Å². The van der Waals surface area contributed by atoms with Crippen LogP contribution in [-0.2, 0) is 11.3 Å². The lowest BCUT2D eigenvalue weighted by Crippen LogP contribution is -2.35. The zero-order valence-corrected chi connectivity index (χ0v) is 20.5. The summed E-state index contributed by atoms with van der Waals surface area (Å²) in [5.41, 5.74) is 2.01. The van der Waals surface area contributed by atoms with Gasteiger partial charge in [-0.3, -0.25) is 9.59 Å². The standard InChI is InChI=1S/C27H25FN6O3/c1-16-7-22(34-6-5-27(15-29,25(34)36)20-3-4-20)11-23(33-16)24(35)30-12-17-8-18(10-21(28)9-17)19-13-31-26(37-2)32-14-19/h7-11,13-14,20H,3-6,12H2,1-2H3,(H,30,35)/t27-/m1/s1. The monoisotopic (exact) mass is 500 g/mol. The van der Waals surface area contributed by atoms with Gasteiger partial charge >= 0.3 is 6.01 Å². The summed E-state index contributed by atoms with van der Waals surface area (Å²) < 4.78 is 19.3. The Hall–Kier alpha value is -4.39. The van der Waals surface area contributed by atoms with Gasteiger partial charge in [0.05, 0.1) is 13.2 Å². The Morgan fingerprint density at radius 3 is 2.65 bits per heavy atom. The van der Waals surface area contributed by atoms with Crippen LogP contribution < -0.4 is 15.0 Å². The fourth-order valence-corrected chi connectivity index (χ4v) is 4.82. The van der Waals surface area contributed by atoms with E-state index in [-0.39, 0.29) is 30.1 Å². The van der Waals surface area contributed by atoms with Gasteiger partial charge in [0, 0.05) is 42.4 Å². The zero-order valence-electron chi connectivity index (χ0n) is 20.5. The number of nitrogens with zero attached hydrogens (tertiary/aromatic N) is 5. The molecule has 37 heavy (non-hydrogen) atoms. The number of pyridine rings is 1. The van der Waals surface area contributed by atoms with Crippen molar-refractivity contribution in [3.63, 3.8) is 0 Å². The number of hydrogen-bond donors (Lipinski definition) is 1. The molecule has 1 aliphatic heterocycles. The van der Waals surface area contributed by atoms with Gasteiger partial charge in [0.25, 0.3) is 5.91 Å². The maximum atomic E-state index is 14.3. The molecule has 10 heteroatoms. The van der Waals surface area contributed by atoms with Crippen molar-refractivity contribution in [1.29, 1.82) is 5.26 Å². The fourth-order valence-electron chi connectivity index (χ4n) is 4.82. The predicted octanol–water partition coefficient (Wildman–Crippen LogP) is 3.58.